The minimum atomic E-state index is -0.247. The molecule has 0 aliphatic carbocycles. The second-order valence-corrected chi connectivity index (χ2v) is 5.10. The summed E-state index contributed by atoms with van der Waals surface area (Å²) in [5.74, 6) is 0.461. The highest BCUT2D eigenvalue weighted by Gasteiger charge is 2.11. The number of carbonyl (C=O) groups excluding carboxylic acids is 1. The Bertz CT molecular complexity index is 592. The first-order valence-corrected chi connectivity index (χ1v) is 6.96. The number of amides is 1. The molecule has 1 amide bonds. The Morgan fingerprint density at radius 3 is 2.67 bits per heavy atom. The first kappa shape index (κ1) is 15.7. The average molecular weight is 329 g/mol. The smallest absolute Gasteiger partial charge is 0.226 e. The highest BCUT2D eigenvalue weighted by atomic mass is 35.5. The molecule has 0 saturated heterocycles. The average Bonchev–Trinajstić information content (AvgIpc) is 2.92. The van der Waals surface area contributed by atoms with Crippen molar-refractivity contribution in [2.45, 2.75) is 13.0 Å². The monoisotopic (exact) mass is 328 g/mol. The van der Waals surface area contributed by atoms with Gasteiger partial charge in [-0.1, -0.05) is 23.2 Å². The predicted molar refractivity (Wildman–Crippen MR) is 82.5 cm³/mol. The Balaban J connectivity index is 1.79. The minimum absolute atomic E-state index is 0.178. The lowest BCUT2D eigenvalue weighted by Gasteiger charge is -2.10. The molecule has 0 saturated carbocycles. The van der Waals surface area contributed by atoms with E-state index >= 15 is 0 Å². The molecule has 0 radical (unpaired) electrons. The highest BCUT2D eigenvalue weighted by molar-refractivity contribution is 6.40. The van der Waals surface area contributed by atoms with Crippen LogP contribution in [0.25, 0.3) is 0 Å². The maximum absolute atomic E-state index is 11.8. The van der Waals surface area contributed by atoms with Gasteiger partial charge in [0, 0.05) is 5.69 Å². The van der Waals surface area contributed by atoms with Crippen LogP contribution < -0.4 is 11.1 Å². The number of anilines is 2. The van der Waals surface area contributed by atoms with E-state index in [9.17, 15) is 4.79 Å². The summed E-state index contributed by atoms with van der Waals surface area (Å²) in [5.41, 5.74) is 6.38. The van der Waals surface area contributed by atoms with E-state index in [0.717, 1.165) is 0 Å². The quantitative estimate of drug-likeness (QED) is 0.625. The number of nitrogens with two attached hydrogens (primary N) is 1. The van der Waals surface area contributed by atoms with Crippen molar-refractivity contribution in [2.75, 3.05) is 17.7 Å². The van der Waals surface area contributed by atoms with Crippen LogP contribution >= 0.6 is 23.2 Å². The number of hydrogen-bond acceptors (Lipinski definition) is 4. The molecule has 1 aromatic carbocycles. The number of benzene rings is 1. The van der Waals surface area contributed by atoms with Crippen molar-refractivity contribution in [3.63, 3.8) is 0 Å². The Labute approximate surface area is 132 Å². The van der Waals surface area contributed by atoms with Gasteiger partial charge in [-0.05, 0) is 24.3 Å². The summed E-state index contributed by atoms with van der Waals surface area (Å²) in [6, 6.07) is 6.62. The maximum atomic E-state index is 11.8. The number of nitrogens with one attached hydrogen (secondary N) is 1. The zero-order valence-electron chi connectivity index (χ0n) is 11.1. The summed E-state index contributed by atoms with van der Waals surface area (Å²) in [7, 11) is 0. The number of nitrogen functional groups attached to an aromatic ring is 1. The lowest BCUT2D eigenvalue weighted by atomic mass is 10.2. The molecule has 0 atom stereocenters. The Morgan fingerprint density at radius 2 is 2.05 bits per heavy atom. The van der Waals surface area contributed by atoms with Crippen LogP contribution in [0.4, 0.5) is 11.4 Å². The van der Waals surface area contributed by atoms with E-state index < -0.39 is 0 Å². The van der Waals surface area contributed by atoms with Gasteiger partial charge in [0.25, 0.3) is 0 Å². The fraction of sp³-hybridized carbons (Fsp3) is 0.214. The molecular formula is C14H14Cl2N2O3. The second-order valence-electron chi connectivity index (χ2n) is 4.29. The van der Waals surface area contributed by atoms with Gasteiger partial charge in [0.1, 0.15) is 12.4 Å². The van der Waals surface area contributed by atoms with Gasteiger partial charge in [-0.3, -0.25) is 4.79 Å². The molecule has 0 fully saturated rings. The highest BCUT2D eigenvalue weighted by Crippen LogP contribution is 2.32. The number of rotatable bonds is 6. The van der Waals surface area contributed by atoms with Crippen LogP contribution in [0.15, 0.2) is 34.9 Å². The van der Waals surface area contributed by atoms with Crippen molar-refractivity contribution < 1.29 is 13.9 Å². The number of halogens is 2. The van der Waals surface area contributed by atoms with Crippen LogP contribution in [-0.4, -0.2) is 12.5 Å². The second kappa shape index (κ2) is 7.36. The molecule has 112 valence electrons. The van der Waals surface area contributed by atoms with Crippen molar-refractivity contribution in [1.82, 2.24) is 0 Å². The Hall–Kier alpha value is -1.69. The zero-order chi connectivity index (χ0) is 15.2. The van der Waals surface area contributed by atoms with Crippen molar-refractivity contribution in [2.24, 2.45) is 0 Å². The SMILES string of the molecule is Nc1cc(Cl)c(NC(=O)CCOCc2ccco2)c(Cl)c1. The zero-order valence-corrected chi connectivity index (χ0v) is 12.6. The van der Waals surface area contributed by atoms with E-state index in [4.69, 9.17) is 38.1 Å². The molecule has 7 heteroatoms. The fourth-order valence-electron chi connectivity index (χ4n) is 1.65. The molecule has 0 aliphatic rings. The summed E-state index contributed by atoms with van der Waals surface area (Å²) in [6.45, 7) is 0.584. The minimum Gasteiger partial charge on any atom is -0.467 e. The third-order valence-electron chi connectivity index (χ3n) is 2.63. The topological polar surface area (TPSA) is 77.5 Å². The van der Waals surface area contributed by atoms with Crippen LogP contribution in [0, 0.1) is 0 Å². The van der Waals surface area contributed by atoms with Crippen molar-refractivity contribution in [3.05, 3.63) is 46.3 Å². The first-order valence-electron chi connectivity index (χ1n) is 6.21. The van der Waals surface area contributed by atoms with E-state index in [2.05, 4.69) is 5.32 Å². The van der Waals surface area contributed by atoms with Crippen LogP contribution in [0.1, 0.15) is 12.2 Å². The van der Waals surface area contributed by atoms with Crippen LogP contribution in [0.3, 0.4) is 0 Å². The van der Waals surface area contributed by atoms with Crippen molar-refractivity contribution in [3.8, 4) is 0 Å². The molecular weight excluding hydrogens is 315 g/mol. The van der Waals surface area contributed by atoms with Gasteiger partial charge in [0.05, 0.1) is 35.0 Å². The van der Waals surface area contributed by atoms with Crippen molar-refractivity contribution in [1.29, 1.82) is 0 Å². The van der Waals surface area contributed by atoms with Crippen molar-refractivity contribution >= 4 is 40.5 Å². The number of carbonyl (C=O) groups is 1. The summed E-state index contributed by atoms with van der Waals surface area (Å²) in [6.07, 6.45) is 1.74. The molecule has 3 N–H and O–H groups in total. The van der Waals surface area contributed by atoms with Gasteiger partial charge < -0.3 is 20.2 Å². The van der Waals surface area contributed by atoms with Gasteiger partial charge in [-0.25, -0.2) is 0 Å². The molecule has 0 aliphatic heterocycles. The fourth-order valence-corrected chi connectivity index (χ4v) is 2.24. The largest absolute Gasteiger partial charge is 0.467 e. The predicted octanol–water partition coefficient (Wildman–Crippen LogP) is 3.71. The standard InChI is InChI=1S/C14H14Cl2N2O3/c15-11-6-9(17)7-12(16)14(11)18-13(19)3-5-20-8-10-2-1-4-21-10/h1-2,4,6-7H,3,5,8,17H2,(H,18,19). The van der Waals surface area contributed by atoms with Crippen LogP contribution in [0.5, 0.6) is 0 Å². The molecule has 0 spiro atoms. The molecule has 21 heavy (non-hydrogen) atoms. The van der Waals surface area contributed by atoms with Crippen LogP contribution in [0.2, 0.25) is 10.0 Å². The molecule has 2 aromatic rings. The Morgan fingerprint density at radius 1 is 1.33 bits per heavy atom. The van der Waals surface area contributed by atoms with Gasteiger partial charge in [0.2, 0.25) is 5.91 Å². The summed E-state index contributed by atoms with van der Waals surface area (Å²) < 4.78 is 10.4. The molecule has 5 nitrogen and oxygen atoms in total. The molecule has 2 rings (SSSR count). The first-order chi connectivity index (χ1) is 10.1. The molecule has 0 unspecified atom stereocenters. The van der Waals surface area contributed by atoms with Gasteiger partial charge in [-0.2, -0.15) is 0 Å². The van der Waals surface area contributed by atoms with E-state index in [1.807, 2.05) is 0 Å². The molecule has 1 heterocycles. The third kappa shape index (κ3) is 4.67. The van der Waals surface area contributed by atoms with E-state index in [1.54, 1.807) is 18.4 Å². The van der Waals surface area contributed by atoms with E-state index in [0.29, 0.717) is 33.8 Å². The summed E-state index contributed by atoms with van der Waals surface area (Å²) >= 11 is 12.0. The van der Waals surface area contributed by atoms with Gasteiger partial charge in [-0.15, -0.1) is 0 Å². The number of hydrogen-bond donors (Lipinski definition) is 2. The van der Waals surface area contributed by atoms with Crippen LogP contribution in [-0.2, 0) is 16.1 Å². The lowest BCUT2D eigenvalue weighted by molar-refractivity contribution is -0.117. The Kier molecular flexibility index (Phi) is 5.50. The molecule has 1 aromatic heterocycles. The van der Waals surface area contributed by atoms with Gasteiger partial charge >= 0.3 is 0 Å². The maximum Gasteiger partial charge on any atom is 0.226 e. The third-order valence-corrected chi connectivity index (χ3v) is 3.22. The molecule has 0 bridgehead atoms. The lowest BCUT2D eigenvalue weighted by Crippen LogP contribution is -2.14. The van der Waals surface area contributed by atoms with E-state index in [1.165, 1.54) is 12.1 Å². The summed E-state index contributed by atoms with van der Waals surface area (Å²) in [4.78, 5) is 11.8. The normalized spacial score (nSPS) is 10.6. The van der Waals surface area contributed by atoms with E-state index in [-0.39, 0.29) is 18.9 Å². The summed E-state index contributed by atoms with van der Waals surface area (Å²) in [5, 5.41) is 3.23. The number of ether oxygens (including phenoxy) is 1. The van der Waals surface area contributed by atoms with Gasteiger partial charge in [0.15, 0.2) is 0 Å². The number of furan rings is 1.